The summed E-state index contributed by atoms with van der Waals surface area (Å²) < 4.78 is 17.9. The first-order valence-electron chi connectivity index (χ1n) is 4.93. The van der Waals surface area contributed by atoms with Crippen LogP contribution >= 0.6 is 11.8 Å². The van der Waals surface area contributed by atoms with Crippen LogP contribution in [0.5, 0.6) is 5.75 Å². The Hall–Kier alpha value is -0.900. The molecule has 0 spiro atoms. The lowest BCUT2D eigenvalue weighted by atomic mass is 10.3. The van der Waals surface area contributed by atoms with E-state index in [0.29, 0.717) is 0 Å². The molecule has 0 aliphatic rings. The number of anilines is 1. The molecule has 4 heteroatoms. The van der Waals surface area contributed by atoms with Crippen molar-refractivity contribution in [2.75, 3.05) is 30.5 Å². The molecule has 0 atom stereocenters. The Balaban J connectivity index is 2.47. The van der Waals surface area contributed by atoms with Gasteiger partial charge in [-0.25, -0.2) is 4.39 Å². The van der Waals surface area contributed by atoms with Gasteiger partial charge >= 0.3 is 0 Å². The second-order valence-corrected chi connectivity index (χ2v) is 4.37. The smallest absolute Gasteiger partial charge is 0.165 e. The third-order valence-electron chi connectivity index (χ3n) is 1.93. The fourth-order valence-electron chi connectivity index (χ4n) is 1.18. The second kappa shape index (κ2) is 6.56. The Morgan fingerprint density at radius 3 is 2.93 bits per heavy atom. The van der Waals surface area contributed by atoms with Gasteiger partial charge in [0.2, 0.25) is 0 Å². The number of hydrogen-bond donors (Lipinski definition) is 1. The zero-order valence-electron chi connectivity index (χ0n) is 9.05. The van der Waals surface area contributed by atoms with Crippen LogP contribution in [0.25, 0.3) is 0 Å². The van der Waals surface area contributed by atoms with Crippen molar-refractivity contribution in [1.82, 2.24) is 0 Å². The van der Waals surface area contributed by atoms with Crippen LogP contribution in [0.15, 0.2) is 18.2 Å². The van der Waals surface area contributed by atoms with Gasteiger partial charge in [-0.15, -0.1) is 0 Å². The summed E-state index contributed by atoms with van der Waals surface area (Å²) in [6.07, 6.45) is 0. The molecular weight excluding hydrogens is 213 g/mol. The molecule has 1 aromatic carbocycles. The van der Waals surface area contributed by atoms with Crippen molar-refractivity contribution in [2.24, 2.45) is 0 Å². The van der Waals surface area contributed by atoms with Crippen molar-refractivity contribution in [2.45, 2.75) is 6.92 Å². The van der Waals surface area contributed by atoms with Crippen LogP contribution in [0.4, 0.5) is 10.1 Å². The van der Waals surface area contributed by atoms with E-state index in [0.717, 1.165) is 23.7 Å². The van der Waals surface area contributed by atoms with Crippen LogP contribution < -0.4 is 10.1 Å². The van der Waals surface area contributed by atoms with Gasteiger partial charge in [-0.3, -0.25) is 0 Å². The number of ether oxygens (including phenoxy) is 1. The largest absolute Gasteiger partial charge is 0.494 e. The highest BCUT2D eigenvalue weighted by Gasteiger charge is 2.02. The summed E-state index contributed by atoms with van der Waals surface area (Å²) in [6.45, 7) is 3.01. The molecule has 2 nitrogen and oxygen atoms in total. The standard InChI is InChI=1S/C11H16FNOS/c1-3-15-7-6-13-9-4-5-10(12)11(8-9)14-2/h4-5,8,13H,3,6-7H2,1-2H3. The van der Waals surface area contributed by atoms with Gasteiger partial charge in [-0.05, 0) is 17.9 Å². The maximum atomic E-state index is 13.1. The average Bonchev–Trinajstić information content (AvgIpc) is 2.26. The van der Waals surface area contributed by atoms with Crippen molar-refractivity contribution < 1.29 is 9.13 Å². The predicted molar refractivity (Wildman–Crippen MR) is 64.4 cm³/mol. The van der Waals surface area contributed by atoms with Crippen LogP contribution in [0.2, 0.25) is 0 Å². The van der Waals surface area contributed by atoms with E-state index in [2.05, 4.69) is 12.2 Å². The van der Waals surface area contributed by atoms with Gasteiger partial charge in [0.15, 0.2) is 11.6 Å². The molecular formula is C11H16FNOS. The minimum atomic E-state index is -0.328. The highest BCUT2D eigenvalue weighted by atomic mass is 32.2. The van der Waals surface area contributed by atoms with Crippen molar-refractivity contribution in [3.05, 3.63) is 24.0 Å². The Morgan fingerprint density at radius 2 is 2.27 bits per heavy atom. The molecule has 84 valence electrons. The number of hydrogen-bond acceptors (Lipinski definition) is 3. The molecule has 0 aliphatic heterocycles. The van der Waals surface area contributed by atoms with E-state index >= 15 is 0 Å². The lowest BCUT2D eigenvalue weighted by Gasteiger charge is -2.08. The summed E-state index contributed by atoms with van der Waals surface area (Å²) in [7, 11) is 1.47. The summed E-state index contributed by atoms with van der Waals surface area (Å²) in [4.78, 5) is 0. The van der Waals surface area contributed by atoms with Crippen molar-refractivity contribution in [3.8, 4) is 5.75 Å². The SMILES string of the molecule is CCSCCNc1ccc(F)c(OC)c1. The molecule has 15 heavy (non-hydrogen) atoms. The van der Waals surface area contributed by atoms with E-state index in [-0.39, 0.29) is 11.6 Å². The molecule has 0 aliphatic carbocycles. The minimum Gasteiger partial charge on any atom is -0.494 e. The summed E-state index contributed by atoms with van der Waals surface area (Å²) in [6, 6.07) is 4.80. The van der Waals surface area contributed by atoms with Crippen molar-refractivity contribution >= 4 is 17.4 Å². The maximum Gasteiger partial charge on any atom is 0.165 e. The Morgan fingerprint density at radius 1 is 1.47 bits per heavy atom. The van der Waals surface area contributed by atoms with E-state index in [1.807, 2.05) is 11.8 Å². The van der Waals surface area contributed by atoms with E-state index in [1.54, 1.807) is 12.1 Å². The van der Waals surface area contributed by atoms with Crippen LogP contribution in [0.3, 0.4) is 0 Å². The van der Waals surface area contributed by atoms with Gasteiger partial charge in [0.25, 0.3) is 0 Å². The quantitative estimate of drug-likeness (QED) is 0.758. The van der Waals surface area contributed by atoms with Crippen LogP contribution in [0.1, 0.15) is 6.92 Å². The fraction of sp³-hybridized carbons (Fsp3) is 0.455. The summed E-state index contributed by atoms with van der Waals surface area (Å²) >= 11 is 1.87. The fourth-order valence-corrected chi connectivity index (χ4v) is 1.72. The number of benzene rings is 1. The van der Waals surface area contributed by atoms with E-state index in [1.165, 1.54) is 13.2 Å². The summed E-state index contributed by atoms with van der Waals surface area (Å²) in [5, 5.41) is 3.21. The lowest BCUT2D eigenvalue weighted by Crippen LogP contribution is -2.04. The molecule has 0 amide bonds. The van der Waals surface area contributed by atoms with E-state index < -0.39 is 0 Å². The highest BCUT2D eigenvalue weighted by molar-refractivity contribution is 7.99. The number of thioether (sulfide) groups is 1. The number of methoxy groups -OCH3 is 1. The molecule has 1 rings (SSSR count). The first-order valence-corrected chi connectivity index (χ1v) is 6.08. The molecule has 0 aromatic heterocycles. The van der Waals surface area contributed by atoms with Gasteiger partial charge in [0.05, 0.1) is 7.11 Å². The van der Waals surface area contributed by atoms with Gasteiger partial charge in [-0.2, -0.15) is 11.8 Å². The van der Waals surface area contributed by atoms with Crippen molar-refractivity contribution in [3.63, 3.8) is 0 Å². The van der Waals surface area contributed by atoms with Crippen LogP contribution in [-0.2, 0) is 0 Å². The third-order valence-corrected chi connectivity index (χ3v) is 2.83. The monoisotopic (exact) mass is 229 g/mol. The zero-order chi connectivity index (χ0) is 11.1. The first-order chi connectivity index (χ1) is 7.27. The summed E-state index contributed by atoms with van der Waals surface area (Å²) in [5.74, 6) is 2.12. The Bertz CT molecular complexity index is 307. The lowest BCUT2D eigenvalue weighted by molar-refractivity contribution is 0.387. The maximum absolute atomic E-state index is 13.1. The van der Waals surface area contributed by atoms with Crippen molar-refractivity contribution in [1.29, 1.82) is 0 Å². The van der Waals surface area contributed by atoms with Crippen LogP contribution in [0, 0.1) is 5.82 Å². The molecule has 0 saturated heterocycles. The number of halogens is 1. The van der Waals surface area contributed by atoms with Gasteiger partial charge < -0.3 is 10.1 Å². The third kappa shape index (κ3) is 4.00. The number of nitrogens with one attached hydrogen (secondary N) is 1. The average molecular weight is 229 g/mol. The molecule has 1 N–H and O–H groups in total. The summed E-state index contributed by atoms with van der Waals surface area (Å²) in [5.41, 5.74) is 0.893. The first kappa shape index (κ1) is 12.2. The van der Waals surface area contributed by atoms with Gasteiger partial charge in [0, 0.05) is 24.1 Å². The zero-order valence-corrected chi connectivity index (χ0v) is 9.86. The molecule has 0 unspecified atom stereocenters. The predicted octanol–water partition coefficient (Wildman–Crippen LogP) is 3.00. The molecule has 0 saturated carbocycles. The molecule has 0 radical (unpaired) electrons. The molecule has 0 bridgehead atoms. The number of rotatable bonds is 6. The van der Waals surface area contributed by atoms with Gasteiger partial charge in [0.1, 0.15) is 0 Å². The minimum absolute atomic E-state index is 0.281. The molecule has 1 aromatic rings. The molecule has 0 fully saturated rings. The highest BCUT2D eigenvalue weighted by Crippen LogP contribution is 2.21. The second-order valence-electron chi connectivity index (χ2n) is 2.97. The molecule has 0 heterocycles. The Labute approximate surface area is 94.2 Å². The Kier molecular flexibility index (Phi) is 5.32. The van der Waals surface area contributed by atoms with E-state index in [9.17, 15) is 4.39 Å². The topological polar surface area (TPSA) is 21.3 Å². The van der Waals surface area contributed by atoms with Gasteiger partial charge in [-0.1, -0.05) is 6.92 Å². The normalized spacial score (nSPS) is 10.1. The van der Waals surface area contributed by atoms with Crippen LogP contribution in [-0.4, -0.2) is 25.2 Å². The van der Waals surface area contributed by atoms with E-state index in [4.69, 9.17) is 4.74 Å².